The lowest BCUT2D eigenvalue weighted by molar-refractivity contribution is -0.137. The van der Waals surface area contributed by atoms with Crippen LogP contribution in [0.2, 0.25) is 0 Å². The van der Waals surface area contributed by atoms with E-state index in [4.69, 9.17) is 0 Å². The minimum absolute atomic E-state index is 0.0145. The number of rotatable bonds is 7. The smallest absolute Gasteiger partial charge is 0.223 e. The number of hydrogen-bond donors (Lipinski definition) is 1. The van der Waals surface area contributed by atoms with Crippen molar-refractivity contribution < 1.29 is 9.90 Å². The van der Waals surface area contributed by atoms with Gasteiger partial charge in [0.05, 0.1) is 5.60 Å². The van der Waals surface area contributed by atoms with Crippen LogP contribution in [0, 0.1) is 5.92 Å². The van der Waals surface area contributed by atoms with Crippen molar-refractivity contribution in [3.05, 3.63) is 71.8 Å². The van der Waals surface area contributed by atoms with Gasteiger partial charge >= 0.3 is 0 Å². The SMILES string of the molecule is CC(CC(=O)N(Cc1ccccc1)Cc1ccccc1)C1(O)CCCCC1. The molecule has 1 fully saturated rings. The second kappa shape index (κ2) is 9.18. The number of amides is 1. The molecule has 1 aliphatic carbocycles. The van der Waals surface area contributed by atoms with Crippen LogP contribution < -0.4 is 0 Å². The first kappa shape index (κ1) is 19.6. The molecule has 0 aliphatic heterocycles. The molecule has 0 aromatic heterocycles. The molecule has 1 N–H and O–H groups in total. The van der Waals surface area contributed by atoms with Crippen molar-refractivity contribution in [3.8, 4) is 0 Å². The van der Waals surface area contributed by atoms with Crippen molar-refractivity contribution in [1.29, 1.82) is 0 Å². The summed E-state index contributed by atoms with van der Waals surface area (Å²) in [5.74, 6) is 0.105. The molecule has 0 spiro atoms. The maximum atomic E-state index is 13.2. The third kappa shape index (κ3) is 5.43. The van der Waals surface area contributed by atoms with Gasteiger partial charge in [0.25, 0.3) is 0 Å². The third-order valence-corrected chi connectivity index (χ3v) is 5.90. The fraction of sp³-hybridized carbons (Fsp3) is 0.458. The van der Waals surface area contributed by atoms with Crippen LogP contribution in [0.4, 0.5) is 0 Å². The minimum Gasteiger partial charge on any atom is -0.390 e. The second-order valence-corrected chi connectivity index (χ2v) is 7.99. The average molecular weight is 366 g/mol. The van der Waals surface area contributed by atoms with Crippen LogP contribution in [0.3, 0.4) is 0 Å². The van der Waals surface area contributed by atoms with Crippen molar-refractivity contribution in [3.63, 3.8) is 0 Å². The minimum atomic E-state index is -0.681. The summed E-state index contributed by atoms with van der Waals surface area (Å²) in [5.41, 5.74) is 1.58. The number of nitrogens with zero attached hydrogens (tertiary/aromatic N) is 1. The van der Waals surface area contributed by atoms with Crippen molar-refractivity contribution in [2.24, 2.45) is 5.92 Å². The Morgan fingerprint density at radius 2 is 1.41 bits per heavy atom. The van der Waals surface area contributed by atoms with Crippen molar-refractivity contribution in [2.75, 3.05) is 0 Å². The van der Waals surface area contributed by atoms with Crippen LogP contribution in [0.5, 0.6) is 0 Å². The first-order valence-corrected chi connectivity index (χ1v) is 10.1. The van der Waals surface area contributed by atoms with Gasteiger partial charge in [-0.3, -0.25) is 4.79 Å². The summed E-state index contributed by atoms with van der Waals surface area (Å²) in [6.45, 7) is 3.23. The van der Waals surface area contributed by atoms with Crippen LogP contribution in [0.15, 0.2) is 60.7 Å². The Balaban J connectivity index is 1.71. The van der Waals surface area contributed by atoms with Gasteiger partial charge < -0.3 is 10.0 Å². The van der Waals surface area contributed by atoms with Gasteiger partial charge in [0, 0.05) is 19.5 Å². The molecule has 144 valence electrons. The van der Waals surface area contributed by atoms with Gasteiger partial charge in [-0.2, -0.15) is 0 Å². The van der Waals surface area contributed by atoms with Gasteiger partial charge in [-0.15, -0.1) is 0 Å². The molecule has 0 radical (unpaired) electrons. The highest BCUT2D eigenvalue weighted by atomic mass is 16.3. The molecule has 0 saturated heterocycles. The number of carbonyl (C=O) groups excluding carboxylic acids is 1. The molecule has 3 heteroatoms. The number of carbonyl (C=O) groups is 1. The maximum absolute atomic E-state index is 13.2. The zero-order chi connectivity index (χ0) is 19.1. The normalized spacial score (nSPS) is 17.3. The highest BCUT2D eigenvalue weighted by molar-refractivity contribution is 5.76. The first-order chi connectivity index (χ1) is 13.1. The summed E-state index contributed by atoms with van der Waals surface area (Å²) in [7, 11) is 0. The molecule has 2 aromatic carbocycles. The van der Waals surface area contributed by atoms with Crippen LogP contribution in [0.1, 0.15) is 56.6 Å². The predicted octanol–water partition coefficient (Wildman–Crippen LogP) is 4.94. The second-order valence-electron chi connectivity index (χ2n) is 7.99. The van der Waals surface area contributed by atoms with Gasteiger partial charge in [0.15, 0.2) is 0 Å². The Labute approximate surface area is 163 Å². The van der Waals surface area contributed by atoms with Gasteiger partial charge in [0.2, 0.25) is 5.91 Å². The number of benzene rings is 2. The fourth-order valence-electron chi connectivity index (χ4n) is 4.08. The van der Waals surface area contributed by atoms with E-state index >= 15 is 0 Å². The van der Waals surface area contributed by atoms with E-state index < -0.39 is 5.60 Å². The lowest BCUT2D eigenvalue weighted by atomic mass is 9.75. The highest BCUT2D eigenvalue weighted by Gasteiger charge is 2.36. The Morgan fingerprint density at radius 1 is 0.926 bits per heavy atom. The van der Waals surface area contributed by atoms with E-state index in [-0.39, 0.29) is 11.8 Å². The largest absolute Gasteiger partial charge is 0.390 e. The van der Waals surface area contributed by atoms with Crippen LogP contribution in [-0.2, 0) is 17.9 Å². The predicted molar refractivity (Wildman–Crippen MR) is 109 cm³/mol. The van der Waals surface area contributed by atoms with Gasteiger partial charge in [-0.25, -0.2) is 0 Å². The van der Waals surface area contributed by atoms with Crippen molar-refractivity contribution in [1.82, 2.24) is 4.90 Å². The first-order valence-electron chi connectivity index (χ1n) is 10.1. The van der Waals surface area contributed by atoms with Gasteiger partial charge in [-0.1, -0.05) is 86.8 Å². The Kier molecular flexibility index (Phi) is 6.68. The van der Waals surface area contributed by atoms with Crippen LogP contribution in [0.25, 0.3) is 0 Å². The van der Waals surface area contributed by atoms with E-state index in [9.17, 15) is 9.90 Å². The molecule has 1 saturated carbocycles. The van der Waals surface area contributed by atoms with E-state index in [1.54, 1.807) is 0 Å². The van der Waals surface area contributed by atoms with E-state index in [0.717, 1.165) is 36.8 Å². The molecular weight excluding hydrogens is 334 g/mol. The number of hydrogen-bond acceptors (Lipinski definition) is 2. The van der Waals surface area contributed by atoms with Gasteiger partial charge in [-0.05, 0) is 29.9 Å². The number of aliphatic hydroxyl groups is 1. The van der Waals surface area contributed by atoms with E-state index in [1.165, 1.54) is 6.42 Å². The fourth-order valence-corrected chi connectivity index (χ4v) is 4.08. The molecule has 27 heavy (non-hydrogen) atoms. The summed E-state index contributed by atoms with van der Waals surface area (Å²) >= 11 is 0. The van der Waals surface area contributed by atoms with Crippen LogP contribution >= 0.6 is 0 Å². The molecule has 3 nitrogen and oxygen atoms in total. The Morgan fingerprint density at radius 3 is 1.89 bits per heavy atom. The Bertz CT molecular complexity index is 666. The summed E-state index contributed by atoms with van der Waals surface area (Å²) < 4.78 is 0. The zero-order valence-electron chi connectivity index (χ0n) is 16.3. The molecule has 3 rings (SSSR count). The molecule has 0 heterocycles. The average Bonchev–Trinajstić information content (AvgIpc) is 2.69. The summed E-state index contributed by atoms with van der Waals surface area (Å²) in [6.07, 6.45) is 5.35. The van der Waals surface area contributed by atoms with E-state index in [0.29, 0.717) is 19.5 Å². The monoisotopic (exact) mass is 365 g/mol. The standard InChI is InChI=1S/C24H31NO2/c1-20(24(27)15-9-4-10-16-24)17-23(26)25(18-21-11-5-2-6-12-21)19-22-13-7-3-8-14-22/h2-3,5-8,11-14,20,27H,4,9-10,15-19H2,1H3. The van der Waals surface area contributed by atoms with E-state index in [1.807, 2.05) is 48.2 Å². The summed E-state index contributed by atoms with van der Waals surface area (Å²) in [4.78, 5) is 15.1. The van der Waals surface area contributed by atoms with E-state index in [2.05, 4.69) is 24.3 Å². The van der Waals surface area contributed by atoms with Crippen molar-refractivity contribution >= 4 is 5.91 Å². The molecule has 2 aromatic rings. The zero-order valence-corrected chi connectivity index (χ0v) is 16.3. The Hall–Kier alpha value is -2.13. The van der Waals surface area contributed by atoms with Crippen LogP contribution in [-0.4, -0.2) is 21.5 Å². The quantitative estimate of drug-likeness (QED) is 0.755. The summed E-state index contributed by atoms with van der Waals surface area (Å²) in [6, 6.07) is 20.3. The third-order valence-electron chi connectivity index (χ3n) is 5.90. The highest BCUT2D eigenvalue weighted by Crippen LogP contribution is 2.36. The molecular formula is C24H31NO2. The molecule has 0 bridgehead atoms. The molecule has 1 aliphatic rings. The topological polar surface area (TPSA) is 40.5 Å². The lowest BCUT2D eigenvalue weighted by Gasteiger charge is -2.38. The van der Waals surface area contributed by atoms with Gasteiger partial charge in [0.1, 0.15) is 0 Å². The summed E-state index contributed by atoms with van der Waals surface area (Å²) in [5, 5.41) is 11.0. The van der Waals surface area contributed by atoms with Crippen molar-refractivity contribution in [2.45, 2.75) is 64.1 Å². The lowest BCUT2D eigenvalue weighted by Crippen LogP contribution is -2.41. The maximum Gasteiger partial charge on any atom is 0.223 e. The molecule has 1 unspecified atom stereocenters. The molecule has 1 amide bonds. The molecule has 1 atom stereocenters.